The minimum absolute atomic E-state index is 0.582. The minimum atomic E-state index is 0.582. The molecule has 1 aromatic heterocycles. The third-order valence-corrected chi connectivity index (χ3v) is 2.89. The number of nitrogens with two attached hydrogens (primary N) is 1. The lowest BCUT2D eigenvalue weighted by Crippen LogP contribution is -1.94. The molecular weight excluding hydrogens is 206 g/mol. The second kappa shape index (κ2) is 4.91. The monoisotopic (exact) mass is 217 g/mol. The molecule has 1 aromatic carbocycles. The molecule has 0 aliphatic carbocycles. The predicted octanol–water partition coefficient (Wildman–Crippen LogP) is 2.09. The Kier molecular flexibility index (Phi) is 3.32. The molecule has 0 aliphatic rings. The normalized spacial score (nSPS) is 10.2. The molecule has 76 valence electrons. The second-order valence-corrected chi connectivity index (χ2v) is 4.09. The number of hydrogen-bond donors (Lipinski definition) is 1. The van der Waals surface area contributed by atoms with E-state index in [0.29, 0.717) is 6.54 Å². The van der Waals surface area contributed by atoms with E-state index >= 15 is 0 Å². The highest BCUT2D eigenvalue weighted by Crippen LogP contribution is 2.25. The largest absolute Gasteiger partial charge is 0.326 e. The number of benzene rings is 1. The van der Waals surface area contributed by atoms with Gasteiger partial charge in [0.15, 0.2) is 0 Å². The van der Waals surface area contributed by atoms with Crippen LogP contribution in [0.2, 0.25) is 0 Å². The lowest BCUT2D eigenvalue weighted by Gasteiger charge is -2.01. The van der Waals surface area contributed by atoms with Crippen molar-refractivity contribution in [2.45, 2.75) is 16.5 Å². The van der Waals surface area contributed by atoms with Crippen LogP contribution in [0.5, 0.6) is 0 Å². The summed E-state index contributed by atoms with van der Waals surface area (Å²) in [5.74, 6) is 0. The van der Waals surface area contributed by atoms with Crippen molar-refractivity contribution < 1.29 is 0 Å². The number of nitrogens with zero attached hydrogens (tertiary/aromatic N) is 2. The Bertz CT molecular complexity index is 414. The molecule has 15 heavy (non-hydrogen) atoms. The zero-order valence-corrected chi connectivity index (χ0v) is 8.95. The molecule has 3 nitrogen and oxygen atoms in total. The quantitative estimate of drug-likeness (QED) is 0.800. The Morgan fingerprint density at radius 1 is 1.13 bits per heavy atom. The molecule has 0 saturated heterocycles. The van der Waals surface area contributed by atoms with Gasteiger partial charge in [0.05, 0.1) is 0 Å². The summed E-state index contributed by atoms with van der Waals surface area (Å²) in [7, 11) is 0. The highest BCUT2D eigenvalue weighted by molar-refractivity contribution is 7.99. The van der Waals surface area contributed by atoms with Gasteiger partial charge in [0.2, 0.25) is 0 Å². The first kappa shape index (κ1) is 10.1. The van der Waals surface area contributed by atoms with E-state index in [0.717, 1.165) is 15.5 Å². The molecule has 0 radical (unpaired) electrons. The summed E-state index contributed by atoms with van der Waals surface area (Å²) in [5, 5.41) is 0.950. The van der Waals surface area contributed by atoms with E-state index in [-0.39, 0.29) is 0 Å². The fourth-order valence-electron chi connectivity index (χ4n) is 1.15. The molecule has 4 heteroatoms. The average molecular weight is 217 g/mol. The number of rotatable bonds is 3. The fourth-order valence-corrected chi connectivity index (χ4v) is 1.90. The summed E-state index contributed by atoms with van der Waals surface area (Å²) in [6, 6.07) is 10.1. The van der Waals surface area contributed by atoms with Gasteiger partial charge in [0.1, 0.15) is 11.4 Å². The van der Waals surface area contributed by atoms with Crippen LogP contribution in [-0.4, -0.2) is 9.97 Å². The predicted molar refractivity (Wildman–Crippen MR) is 60.5 cm³/mol. The highest BCUT2D eigenvalue weighted by Gasteiger charge is 1.97. The maximum absolute atomic E-state index is 5.53. The Morgan fingerprint density at radius 2 is 1.93 bits per heavy atom. The molecule has 0 fully saturated rings. The molecule has 0 saturated carbocycles. The van der Waals surface area contributed by atoms with Crippen molar-refractivity contribution >= 4 is 11.8 Å². The fraction of sp³-hybridized carbons (Fsp3) is 0.0909. The smallest absolute Gasteiger partial charge is 0.116 e. The zero-order chi connectivity index (χ0) is 10.5. The standard InChI is InChI=1S/C11H11N3S/c12-7-9-1-3-10(4-2-9)15-11-5-6-13-8-14-11/h1-6,8H,7,12H2. The Balaban J connectivity index is 2.11. The van der Waals surface area contributed by atoms with Crippen molar-refractivity contribution in [3.63, 3.8) is 0 Å². The summed E-state index contributed by atoms with van der Waals surface area (Å²) in [5.41, 5.74) is 6.67. The molecule has 2 rings (SSSR count). The molecule has 0 atom stereocenters. The maximum Gasteiger partial charge on any atom is 0.116 e. The van der Waals surface area contributed by atoms with E-state index in [4.69, 9.17) is 5.73 Å². The molecule has 0 spiro atoms. The van der Waals surface area contributed by atoms with Gasteiger partial charge in [-0.3, -0.25) is 0 Å². The van der Waals surface area contributed by atoms with Crippen LogP contribution >= 0.6 is 11.8 Å². The average Bonchev–Trinajstić information content (AvgIpc) is 2.31. The van der Waals surface area contributed by atoms with Crippen molar-refractivity contribution in [3.05, 3.63) is 48.4 Å². The van der Waals surface area contributed by atoms with Crippen molar-refractivity contribution in [2.75, 3.05) is 0 Å². The van der Waals surface area contributed by atoms with Gasteiger partial charge >= 0.3 is 0 Å². The van der Waals surface area contributed by atoms with Crippen LogP contribution in [0.15, 0.2) is 52.8 Å². The van der Waals surface area contributed by atoms with Gasteiger partial charge in [-0.1, -0.05) is 23.9 Å². The first-order valence-corrected chi connectivity index (χ1v) is 5.43. The van der Waals surface area contributed by atoms with Gasteiger partial charge in [-0.25, -0.2) is 9.97 Å². The van der Waals surface area contributed by atoms with Crippen molar-refractivity contribution in [2.24, 2.45) is 5.73 Å². The maximum atomic E-state index is 5.53. The molecule has 0 amide bonds. The zero-order valence-electron chi connectivity index (χ0n) is 8.13. The molecule has 0 unspecified atom stereocenters. The first-order chi connectivity index (χ1) is 7.38. The lowest BCUT2D eigenvalue weighted by molar-refractivity contribution is 1.04. The van der Waals surface area contributed by atoms with Gasteiger partial charge in [-0.2, -0.15) is 0 Å². The van der Waals surface area contributed by atoms with Gasteiger partial charge < -0.3 is 5.73 Å². The lowest BCUT2D eigenvalue weighted by atomic mass is 10.2. The third-order valence-electron chi connectivity index (χ3n) is 1.94. The van der Waals surface area contributed by atoms with Gasteiger partial charge in [0.25, 0.3) is 0 Å². The molecular formula is C11H11N3S. The number of hydrogen-bond acceptors (Lipinski definition) is 4. The van der Waals surface area contributed by atoms with Crippen molar-refractivity contribution in [1.82, 2.24) is 9.97 Å². The third kappa shape index (κ3) is 2.78. The van der Waals surface area contributed by atoms with E-state index < -0.39 is 0 Å². The summed E-state index contributed by atoms with van der Waals surface area (Å²) in [6.45, 7) is 0.582. The van der Waals surface area contributed by atoms with Crippen LogP contribution in [0.4, 0.5) is 0 Å². The highest BCUT2D eigenvalue weighted by atomic mass is 32.2. The summed E-state index contributed by atoms with van der Waals surface area (Å²) in [4.78, 5) is 9.18. The van der Waals surface area contributed by atoms with Gasteiger partial charge in [-0.15, -0.1) is 0 Å². The van der Waals surface area contributed by atoms with E-state index in [2.05, 4.69) is 22.1 Å². The van der Waals surface area contributed by atoms with Crippen LogP contribution in [0.25, 0.3) is 0 Å². The SMILES string of the molecule is NCc1ccc(Sc2ccncn2)cc1. The first-order valence-electron chi connectivity index (χ1n) is 4.61. The van der Waals surface area contributed by atoms with E-state index in [1.54, 1.807) is 24.3 Å². The van der Waals surface area contributed by atoms with Crippen molar-refractivity contribution in [3.8, 4) is 0 Å². The van der Waals surface area contributed by atoms with Crippen LogP contribution in [0.3, 0.4) is 0 Å². The second-order valence-electron chi connectivity index (χ2n) is 3.00. The summed E-state index contributed by atoms with van der Waals surface area (Å²) in [6.07, 6.45) is 3.29. The van der Waals surface area contributed by atoms with Gasteiger partial charge in [0, 0.05) is 17.6 Å². The van der Waals surface area contributed by atoms with E-state index in [1.807, 2.05) is 18.2 Å². The van der Waals surface area contributed by atoms with Crippen LogP contribution in [0.1, 0.15) is 5.56 Å². The van der Waals surface area contributed by atoms with Gasteiger partial charge in [-0.05, 0) is 23.8 Å². The minimum Gasteiger partial charge on any atom is -0.326 e. The topological polar surface area (TPSA) is 51.8 Å². The molecule has 2 N–H and O–H groups in total. The molecule has 1 heterocycles. The Hall–Kier alpha value is -1.39. The molecule has 0 bridgehead atoms. The van der Waals surface area contributed by atoms with Crippen LogP contribution < -0.4 is 5.73 Å². The Labute approximate surface area is 92.8 Å². The Morgan fingerprint density at radius 3 is 2.53 bits per heavy atom. The number of aromatic nitrogens is 2. The van der Waals surface area contributed by atoms with E-state index in [1.165, 1.54) is 0 Å². The van der Waals surface area contributed by atoms with Crippen LogP contribution in [-0.2, 0) is 6.54 Å². The molecule has 2 aromatic rings. The summed E-state index contributed by atoms with van der Waals surface area (Å²) < 4.78 is 0. The summed E-state index contributed by atoms with van der Waals surface area (Å²) >= 11 is 1.61. The van der Waals surface area contributed by atoms with E-state index in [9.17, 15) is 0 Å². The molecule has 0 aliphatic heterocycles. The van der Waals surface area contributed by atoms with Crippen molar-refractivity contribution in [1.29, 1.82) is 0 Å². The van der Waals surface area contributed by atoms with Crippen LogP contribution in [0, 0.1) is 0 Å².